The fraction of sp³-hybridized carbons (Fsp3) is 0.167. The van der Waals surface area contributed by atoms with Gasteiger partial charge in [-0.25, -0.2) is 4.98 Å². The highest BCUT2D eigenvalue weighted by Crippen LogP contribution is 2.33. The number of aromatic nitrogens is 1. The van der Waals surface area contributed by atoms with E-state index in [9.17, 15) is 18.0 Å². The van der Waals surface area contributed by atoms with E-state index >= 15 is 0 Å². The lowest BCUT2D eigenvalue weighted by Crippen LogP contribution is -2.13. The van der Waals surface area contributed by atoms with Crippen molar-refractivity contribution in [2.45, 2.75) is 13.1 Å². The molecule has 1 amide bonds. The Bertz CT molecular complexity index is 700. The molecule has 0 spiro atoms. The van der Waals surface area contributed by atoms with E-state index in [-0.39, 0.29) is 20.7 Å². The quantitative estimate of drug-likeness (QED) is 0.873. The van der Waals surface area contributed by atoms with Gasteiger partial charge in [-0.1, -0.05) is 22.9 Å². The number of nitrogens with two attached hydrogens (primary N) is 1. The summed E-state index contributed by atoms with van der Waals surface area (Å²) in [6.45, 7) is 1.58. The van der Waals surface area contributed by atoms with E-state index in [1.54, 1.807) is 6.92 Å². The van der Waals surface area contributed by atoms with Gasteiger partial charge in [0.1, 0.15) is 4.88 Å². The van der Waals surface area contributed by atoms with Gasteiger partial charge in [-0.05, 0) is 25.1 Å². The molecule has 112 valence electrons. The molecule has 9 heteroatoms. The molecule has 0 aliphatic carbocycles. The fourth-order valence-electron chi connectivity index (χ4n) is 1.64. The minimum atomic E-state index is -4.55. The van der Waals surface area contributed by atoms with Crippen LogP contribution in [0.25, 0.3) is 0 Å². The second-order valence-corrected chi connectivity index (χ2v) is 5.61. The van der Waals surface area contributed by atoms with Crippen LogP contribution < -0.4 is 11.1 Å². The molecule has 0 saturated carbocycles. The molecule has 0 saturated heterocycles. The average Bonchev–Trinajstić information content (AvgIpc) is 2.66. The molecule has 0 fully saturated rings. The Labute approximate surface area is 126 Å². The van der Waals surface area contributed by atoms with E-state index in [1.165, 1.54) is 6.07 Å². The highest BCUT2D eigenvalue weighted by Gasteiger charge is 2.31. The summed E-state index contributed by atoms with van der Waals surface area (Å²) in [5, 5.41) is 2.44. The molecule has 0 aliphatic rings. The average molecular weight is 336 g/mol. The molecule has 21 heavy (non-hydrogen) atoms. The maximum absolute atomic E-state index is 12.7. The molecule has 1 aromatic heterocycles. The minimum Gasteiger partial charge on any atom is -0.375 e. The number of thiazole rings is 1. The maximum atomic E-state index is 12.7. The van der Waals surface area contributed by atoms with Crippen molar-refractivity contribution in [1.29, 1.82) is 0 Å². The predicted molar refractivity (Wildman–Crippen MR) is 75.7 cm³/mol. The standard InChI is InChI=1S/C12H9ClF3N3OS/c1-5-9(21-11(17)18-5)10(20)19-8-3-6(12(14,15)16)2-7(13)4-8/h2-4H,1H3,(H2,17,18)(H,19,20). The van der Waals surface area contributed by atoms with Crippen LogP contribution in [-0.4, -0.2) is 10.9 Å². The summed E-state index contributed by atoms with van der Waals surface area (Å²) in [4.78, 5) is 16.1. The van der Waals surface area contributed by atoms with E-state index in [0.29, 0.717) is 5.69 Å². The van der Waals surface area contributed by atoms with Gasteiger partial charge < -0.3 is 11.1 Å². The Morgan fingerprint density at radius 2 is 2.05 bits per heavy atom. The summed E-state index contributed by atoms with van der Waals surface area (Å²) in [5.74, 6) is -0.586. The van der Waals surface area contributed by atoms with Crippen LogP contribution in [-0.2, 0) is 6.18 Å². The molecule has 0 radical (unpaired) electrons. The number of alkyl halides is 3. The number of rotatable bonds is 2. The number of nitrogens with one attached hydrogen (secondary N) is 1. The van der Waals surface area contributed by atoms with Crippen molar-refractivity contribution < 1.29 is 18.0 Å². The highest BCUT2D eigenvalue weighted by molar-refractivity contribution is 7.17. The van der Waals surface area contributed by atoms with Crippen molar-refractivity contribution >= 4 is 39.7 Å². The first-order valence-corrected chi connectivity index (χ1v) is 6.78. The number of halogens is 4. The number of nitrogens with zero attached hydrogens (tertiary/aromatic N) is 1. The molecule has 0 bridgehead atoms. The van der Waals surface area contributed by atoms with Crippen molar-refractivity contribution in [3.8, 4) is 0 Å². The number of hydrogen-bond acceptors (Lipinski definition) is 4. The van der Waals surface area contributed by atoms with Crippen LogP contribution >= 0.6 is 22.9 Å². The van der Waals surface area contributed by atoms with E-state index in [2.05, 4.69) is 10.3 Å². The zero-order valence-electron chi connectivity index (χ0n) is 10.6. The fourth-order valence-corrected chi connectivity index (χ4v) is 2.61. The van der Waals surface area contributed by atoms with Gasteiger partial charge in [0, 0.05) is 10.7 Å². The zero-order valence-corrected chi connectivity index (χ0v) is 12.2. The van der Waals surface area contributed by atoms with Gasteiger partial charge in [0.05, 0.1) is 11.3 Å². The summed E-state index contributed by atoms with van der Waals surface area (Å²) >= 11 is 6.59. The molecule has 0 atom stereocenters. The van der Waals surface area contributed by atoms with Gasteiger partial charge in [-0.3, -0.25) is 4.79 Å². The molecule has 1 heterocycles. The molecular formula is C12H9ClF3N3OS. The van der Waals surface area contributed by atoms with Gasteiger partial charge in [-0.15, -0.1) is 0 Å². The van der Waals surface area contributed by atoms with Gasteiger partial charge >= 0.3 is 6.18 Å². The van der Waals surface area contributed by atoms with Crippen molar-refractivity contribution in [3.63, 3.8) is 0 Å². The smallest absolute Gasteiger partial charge is 0.375 e. The van der Waals surface area contributed by atoms with Crippen LogP contribution in [0.2, 0.25) is 5.02 Å². The van der Waals surface area contributed by atoms with Crippen LogP contribution in [0.15, 0.2) is 18.2 Å². The largest absolute Gasteiger partial charge is 0.416 e. The number of benzene rings is 1. The van der Waals surface area contributed by atoms with Crippen LogP contribution in [0.4, 0.5) is 24.0 Å². The SMILES string of the molecule is Cc1nc(N)sc1C(=O)Nc1cc(Cl)cc(C(F)(F)F)c1. The molecule has 2 rings (SSSR count). The van der Waals surface area contributed by atoms with Gasteiger partial charge in [-0.2, -0.15) is 13.2 Å². The van der Waals surface area contributed by atoms with Crippen LogP contribution in [0.5, 0.6) is 0 Å². The maximum Gasteiger partial charge on any atom is 0.416 e. The molecule has 0 unspecified atom stereocenters. The Kier molecular flexibility index (Phi) is 4.11. The topological polar surface area (TPSA) is 68.0 Å². The summed E-state index contributed by atoms with van der Waals surface area (Å²) in [5.41, 5.74) is 4.89. The van der Waals surface area contributed by atoms with Crippen LogP contribution in [0.1, 0.15) is 20.9 Å². The van der Waals surface area contributed by atoms with Crippen molar-refractivity contribution in [1.82, 2.24) is 4.98 Å². The van der Waals surface area contributed by atoms with E-state index in [1.807, 2.05) is 0 Å². The molecule has 0 aliphatic heterocycles. The Morgan fingerprint density at radius 1 is 1.38 bits per heavy atom. The predicted octanol–water partition coefficient (Wildman–Crippen LogP) is 3.96. The van der Waals surface area contributed by atoms with Gasteiger partial charge in [0.25, 0.3) is 5.91 Å². The number of hydrogen-bond donors (Lipinski definition) is 2. The zero-order chi connectivity index (χ0) is 15.8. The summed E-state index contributed by atoms with van der Waals surface area (Å²) in [6, 6.07) is 2.82. The number of anilines is 2. The van der Waals surface area contributed by atoms with E-state index in [4.69, 9.17) is 17.3 Å². The minimum absolute atomic E-state index is 0.0498. The first-order valence-electron chi connectivity index (χ1n) is 5.59. The Balaban J connectivity index is 2.29. The third kappa shape index (κ3) is 3.64. The van der Waals surface area contributed by atoms with Crippen molar-refractivity contribution in [3.05, 3.63) is 39.4 Å². The van der Waals surface area contributed by atoms with Crippen LogP contribution in [0, 0.1) is 6.92 Å². The Hall–Kier alpha value is -1.80. The second-order valence-electron chi connectivity index (χ2n) is 4.15. The Morgan fingerprint density at radius 3 is 2.57 bits per heavy atom. The third-order valence-corrected chi connectivity index (χ3v) is 3.71. The highest BCUT2D eigenvalue weighted by atomic mass is 35.5. The summed E-state index contributed by atoms with van der Waals surface area (Å²) in [6.07, 6.45) is -4.55. The van der Waals surface area contributed by atoms with E-state index in [0.717, 1.165) is 23.5 Å². The lowest BCUT2D eigenvalue weighted by molar-refractivity contribution is -0.137. The molecule has 3 N–H and O–H groups in total. The number of aryl methyl sites for hydroxylation is 1. The summed E-state index contributed by atoms with van der Waals surface area (Å²) in [7, 11) is 0. The number of amides is 1. The molecule has 2 aromatic rings. The third-order valence-electron chi connectivity index (χ3n) is 2.50. The van der Waals surface area contributed by atoms with Crippen molar-refractivity contribution in [2.24, 2.45) is 0 Å². The number of carbonyl (C=O) groups is 1. The molecule has 1 aromatic carbocycles. The first kappa shape index (κ1) is 15.6. The lowest BCUT2D eigenvalue weighted by atomic mass is 10.2. The number of nitrogen functional groups attached to an aromatic ring is 1. The van der Waals surface area contributed by atoms with Gasteiger partial charge in [0.15, 0.2) is 5.13 Å². The molecular weight excluding hydrogens is 327 g/mol. The van der Waals surface area contributed by atoms with Crippen LogP contribution in [0.3, 0.4) is 0 Å². The normalized spacial score (nSPS) is 11.5. The summed E-state index contributed by atoms with van der Waals surface area (Å²) < 4.78 is 38.0. The monoisotopic (exact) mass is 335 g/mol. The number of carbonyl (C=O) groups excluding carboxylic acids is 1. The van der Waals surface area contributed by atoms with Gasteiger partial charge in [0.2, 0.25) is 0 Å². The van der Waals surface area contributed by atoms with E-state index < -0.39 is 17.6 Å². The molecule has 4 nitrogen and oxygen atoms in total. The second kappa shape index (κ2) is 5.53. The first-order chi connectivity index (χ1) is 9.66. The lowest BCUT2D eigenvalue weighted by Gasteiger charge is -2.10. The van der Waals surface area contributed by atoms with Crippen molar-refractivity contribution in [2.75, 3.05) is 11.1 Å².